The standard InChI is InChI=1S/C14H17N3O3S/c18-21(19,16-10-13-7-8-20-17-13)14-5-1-11(2-6-14)9-15-12-3-4-12/h1-2,5-8,12,15-16H,3-4,9-10H2. The molecule has 1 fully saturated rings. The van der Waals surface area contributed by atoms with Gasteiger partial charge in [0, 0.05) is 18.7 Å². The van der Waals surface area contributed by atoms with Crippen LogP contribution >= 0.6 is 0 Å². The number of nitrogens with zero attached hydrogens (tertiary/aromatic N) is 1. The Hall–Kier alpha value is -1.70. The summed E-state index contributed by atoms with van der Waals surface area (Å²) < 4.78 is 31.4. The van der Waals surface area contributed by atoms with Crippen LogP contribution in [-0.4, -0.2) is 19.6 Å². The van der Waals surface area contributed by atoms with Crippen LogP contribution in [-0.2, 0) is 23.1 Å². The summed E-state index contributed by atoms with van der Waals surface area (Å²) in [5.74, 6) is 0. The summed E-state index contributed by atoms with van der Waals surface area (Å²) in [5, 5.41) is 7.05. The van der Waals surface area contributed by atoms with E-state index in [1.807, 2.05) is 12.1 Å². The van der Waals surface area contributed by atoms with Crippen LogP contribution in [0.4, 0.5) is 0 Å². The lowest BCUT2D eigenvalue weighted by Crippen LogP contribution is -2.23. The molecule has 1 aliphatic carbocycles. The first-order valence-electron chi connectivity index (χ1n) is 6.85. The topological polar surface area (TPSA) is 84.2 Å². The Morgan fingerprint density at radius 3 is 2.52 bits per heavy atom. The number of rotatable bonds is 7. The molecule has 21 heavy (non-hydrogen) atoms. The second-order valence-electron chi connectivity index (χ2n) is 5.11. The minimum atomic E-state index is -3.52. The van der Waals surface area contributed by atoms with E-state index < -0.39 is 10.0 Å². The number of nitrogens with one attached hydrogen (secondary N) is 2. The van der Waals surface area contributed by atoms with Gasteiger partial charge in [0.15, 0.2) is 0 Å². The highest BCUT2D eigenvalue weighted by molar-refractivity contribution is 7.89. The van der Waals surface area contributed by atoms with Gasteiger partial charge in [0.25, 0.3) is 0 Å². The highest BCUT2D eigenvalue weighted by atomic mass is 32.2. The second-order valence-corrected chi connectivity index (χ2v) is 6.88. The van der Waals surface area contributed by atoms with Gasteiger partial charge in [0.1, 0.15) is 6.26 Å². The fourth-order valence-electron chi connectivity index (χ4n) is 1.92. The molecule has 6 nitrogen and oxygen atoms in total. The summed E-state index contributed by atoms with van der Waals surface area (Å²) in [6.45, 7) is 0.890. The van der Waals surface area contributed by atoms with Gasteiger partial charge in [-0.1, -0.05) is 17.3 Å². The molecule has 0 atom stereocenters. The van der Waals surface area contributed by atoms with Crippen molar-refractivity contribution in [1.29, 1.82) is 0 Å². The van der Waals surface area contributed by atoms with Crippen LogP contribution in [0.25, 0.3) is 0 Å². The molecule has 0 spiro atoms. The zero-order valence-corrected chi connectivity index (χ0v) is 12.3. The van der Waals surface area contributed by atoms with Crippen LogP contribution in [0, 0.1) is 0 Å². The molecule has 7 heteroatoms. The third-order valence-corrected chi connectivity index (χ3v) is 4.76. The van der Waals surface area contributed by atoms with Crippen molar-refractivity contribution in [2.24, 2.45) is 0 Å². The second kappa shape index (κ2) is 5.97. The first kappa shape index (κ1) is 14.2. The fourth-order valence-corrected chi connectivity index (χ4v) is 2.92. The number of aromatic nitrogens is 1. The first-order valence-corrected chi connectivity index (χ1v) is 8.33. The molecular weight excluding hydrogens is 290 g/mol. The van der Waals surface area contributed by atoms with Crippen molar-refractivity contribution >= 4 is 10.0 Å². The maximum absolute atomic E-state index is 12.1. The summed E-state index contributed by atoms with van der Waals surface area (Å²) in [6, 6.07) is 9.16. The smallest absolute Gasteiger partial charge is 0.240 e. The molecule has 1 heterocycles. The van der Waals surface area contributed by atoms with Crippen molar-refractivity contribution in [3.63, 3.8) is 0 Å². The zero-order valence-electron chi connectivity index (χ0n) is 11.5. The predicted octanol–water partition coefficient (Wildman–Crippen LogP) is 1.41. The van der Waals surface area contributed by atoms with Gasteiger partial charge < -0.3 is 9.84 Å². The molecule has 1 aliphatic rings. The highest BCUT2D eigenvalue weighted by Crippen LogP contribution is 2.19. The van der Waals surface area contributed by atoms with Crippen molar-refractivity contribution < 1.29 is 12.9 Å². The summed E-state index contributed by atoms with van der Waals surface area (Å²) in [4.78, 5) is 0.251. The Balaban J connectivity index is 1.61. The zero-order chi connectivity index (χ0) is 14.7. The Labute approximate surface area is 123 Å². The SMILES string of the molecule is O=S(=O)(NCc1ccon1)c1ccc(CNC2CC2)cc1. The van der Waals surface area contributed by atoms with Crippen LogP contribution in [0.5, 0.6) is 0 Å². The summed E-state index contributed by atoms with van der Waals surface area (Å²) in [7, 11) is -3.52. The Morgan fingerprint density at radius 2 is 1.90 bits per heavy atom. The van der Waals surface area contributed by atoms with Crippen molar-refractivity contribution in [1.82, 2.24) is 15.2 Å². The van der Waals surface area contributed by atoms with E-state index in [-0.39, 0.29) is 11.4 Å². The molecule has 0 amide bonds. The average Bonchev–Trinajstić information content (AvgIpc) is 3.17. The maximum Gasteiger partial charge on any atom is 0.240 e. The third-order valence-electron chi connectivity index (χ3n) is 3.34. The minimum Gasteiger partial charge on any atom is -0.364 e. The van der Waals surface area contributed by atoms with Gasteiger partial charge in [0.2, 0.25) is 10.0 Å². The molecule has 0 bridgehead atoms. The monoisotopic (exact) mass is 307 g/mol. The molecule has 0 radical (unpaired) electrons. The van der Waals surface area contributed by atoms with Gasteiger partial charge in [-0.25, -0.2) is 13.1 Å². The summed E-state index contributed by atoms with van der Waals surface area (Å²) in [6.07, 6.45) is 3.88. The number of hydrogen-bond acceptors (Lipinski definition) is 5. The van der Waals surface area contributed by atoms with Crippen LogP contribution in [0.1, 0.15) is 24.1 Å². The molecule has 1 saturated carbocycles. The van der Waals surface area contributed by atoms with E-state index in [0.29, 0.717) is 11.7 Å². The van der Waals surface area contributed by atoms with Crippen molar-refractivity contribution in [3.05, 3.63) is 47.9 Å². The Bertz CT molecular complexity index is 677. The normalized spacial score (nSPS) is 15.2. The van der Waals surface area contributed by atoms with E-state index in [1.54, 1.807) is 18.2 Å². The Morgan fingerprint density at radius 1 is 1.14 bits per heavy atom. The number of benzene rings is 1. The van der Waals surface area contributed by atoms with E-state index in [4.69, 9.17) is 0 Å². The number of hydrogen-bond donors (Lipinski definition) is 2. The fraction of sp³-hybridized carbons (Fsp3) is 0.357. The lowest BCUT2D eigenvalue weighted by atomic mass is 10.2. The quantitative estimate of drug-likeness (QED) is 0.808. The predicted molar refractivity (Wildman–Crippen MR) is 76.8 cm³/mol. The molecular formula is C14H17N3O3S. The van der Waals surface area contributed by atoms with Crippen LogP contribution in [0.3, 0.4) is 0 Å². The molecule has 112 valence electrons. The molecule has 2 aromatic rings. The van der Waals surface area contributed by atoms with E-state index in [2.05, 4.69) is 19.7 Å². The Kier molecular flexibility index (Phi) is 4.05. The van der Waals surface area contributed by atoms with E-state index in [1.165, 1.54) is 19.1 Å². The van der Waals surface area contributed by atoms with Crippen LogP contribution in [0.15, 0.2) is 46.0 Å². The molecule has 1 aromatic heterocycles. The van der Waals surface area contributed by atoms with Crippen molar-refractivity contribution in [3.8, 4) is 0 Å². The number of sulfonamides is 1. The van der Waals surface area contributed by atoms with Gasteiger partial charge >= 0.3 is 0 Å². The first-order chi connectivity index (χ1) is 10.1. The van der Waals surface area contributed by atoms with Gasteiger partial charge in [-0.2, -0.15) is 0 Å². The van der Waals surface area contributed by atoms with Crippen molar-refractivity contribution in [2.45, 2.75) is 36.9 Å². The van der Waals surface area contributed by atoms with E-state index in [0.717, 1.165) is 12.1 Å². The maximum atomic E-state index is 12.1. The molecule has 0 saturated heterocycles. The minimum absolute atomic E-state index is 0.115. The average molecular weight is 307 g/mol. The highest BCUT2D eigenvalue weighted by Gasteiger charge is 2.20. The van der Waals surface area contributed by atoms with Gasteiger partial charge in [-0.05, 0) is 30.5 Å². The molecule has 2 N–H and O–H groups in total. The van der Waals surface area contributed by atoms with E-state index in [9.17, 15) is 8.42 Å². The van der Waals surface area contributed by atoms with E-state index >= 15 is 0 Å². The molecule has 0 aliphatic heterocycles. The lowest BCUT2D eigenvalue weighted by molar-refractivity contribution is 0.411. The van der Waals surface area contributed by atoms with Gasteiger partial charge in [-0.15, -0.1) is 0 Å². The van der Waals surface area contributed by atoms with Gasteiger partial charge in [-0.3, -0.25) is 0 Å². The third kappa shape index (κ3) is 3.90. The largest absolute Gasteiger partial charge is 0.364 e. The molecule has 0 unspecified atom stereocenters. The van der Waals surface area contributed by atoms with Crippen molar-refractivity contribution in [2.75, 3.05) is 0 Å². The van der Waals surface area contributed by atoms with Crippen LogP contribution in [0.2, 0.25) is 0 Å². The molecule has 3 rings (SSSR count). The van der Waals surface area contributed by atoms with Gasteiger partial charge in [0.05, 0.1) is 17.1 Å². The van der Waals surface area contributed by atoms with Crippen LogP contribution < -0.4 is 10.0 Å². The molecule has 1 aromatic carbocycles. The summed E-state index contributed by atoms with van der Waals surface area (Å²) >= 11 is 0. The summed E-state index contributed by atoms with van der Waals surface area (Å²) in [5.41, 5.74) is 1.63. The lowest BCUT2D eigenvalue weighted by Gasteiger charge is -2.07.